The maximum atomic E-state index is 11.0. The van der Waals surface area contributed by atoms with E-state index in [4.69, 9.17) is 0 Å². The molecule has 0 radical (unpaired) electrons. The molecule has 0 bridgehead atoms. The minimum absolute atomic E-state index is 0.0640. The van der Waals surface area contributed by atoms with Crippen LogP contribution in [0.25, 0.3) is 0 Å². The van der Waals surface area contributed by atoms with E-state index in [2.05, 4.69) is 4.98 Å². The maximum absolute atomic E-state index is 11.0. The third-order valence-electron chi connectivity index (χ3n) is 1.71. The number of pyridine rings is 1. The van der Waals surface area contributed by atoms with Crippen molar-refractivity contribution < 1.29 is 0 Å². The fourth-order valence-corrected chi connectivity index (χ4v) is 1.95. The average molecular weight is 203 g/mol. The van der Waals surface area contributed by atoms with Gasteiger partial charge in [-0.2, -0.15) is 0 Å². The van der Waals surface area contributed by atoms with Crippen LogP contribution in [0.1, 0.15) is 0 Å². The van der Waals surface area contributed by atoms with Crippen molar-refractivity contribution in [2.45, 2.75) is 9.92 Å². The number of rotatable bonds is 2. The first kappa shape index (κ1) is 9.09. The molecular weight excluding hydrogens is 194 g/mol. The molecule has 0 aliphatic heterocycles. The Bertz CT molecular complexity index is 464. The number of nitrogens with one attached hydrogen (secondary N) is 1. The van der Waals surface area contributed by atoms with E-state index in [0.29, 0.717) is 0 Å². The summed E-state index contributed by atoms with van der Waals surface area (Å²) in [4.78, 5) is 14.9. The molecule has 1 N–H and O–H groups in total. The van der Waals surface area contributed by atoms with Crippen LogP contribution in [-0.4, -0.2) is 4.98 Å². The van der Waals surface area contributed by atoms with Gasteiger partial charge in [-0.3, -0.25) is 4.79 Å². The summed E-state index contributed by atoms with van der Waals surface area (Å²) in [5.74, 6) is 0. The highest BCUT2D eigenvalue weighted by atomic mass is 32.2. The average Bonchev–Trinajstić information content (AvgIpc) is 2.19. The van der Waals surface area contributed by atoms with E-state index in [1.165, 1.54) is 6.07 Å². The highest BCUT2D eigenvalue weighted by Gasteiger charge is 1.95. The van der Waals surface area contributed by atoms with E-state index in [1.807, 2.05) is 36.4 Å². The Kier molecular flexibility index (Phi) is 2.70. The molecule has 1 heterocycles. The second kappa shape index (κ2) is 4.15. The lowest BCUT2D eigenvalue weighted by Gasteiger charge is -1.99. The lowest BCUT2D eigenvalue weighted by Crippen LogP contribution is -2.02. The number of aromatic amines is 1. The van der Waals surface area contributed by atoms with Gasteiger partial charge in [0.25, 0.3) is 0 Å². The van der Waals surface area contributed by atoms with Crippen molar-refractivity contribution in [3.05, 3.63) is 58.9 Å². The molecule has 70 valence electrons. The van der Waals surface area contributed by atoms with E-state index in [9.17, 15) is 4.79 Å². The van der Waals surface area contributed by atoms with Gasteiger partial charge in [0, 0.05) is 11.0 Å². The van der Waals surface area contributed by atoms with Gasteiger partial charge >= 0.3 is 0 Å². The Morgan fingerprint density at radius 2 is 1.71 bits per heavy atom. The first-order chi connectivity index (χ1) is 6.84. The summed E-state index contributed by atoms with van der Waals surface area (Å²) in [5, 5.41) is 0.865. The van der Waals surface area contributed by atoms with Gasteiger partial charge in [0.05, 0.1) is 5.03 Å². The summed E-state index contributed by atoms with van der Waals surface area (Å²) >= 11 is 1.55. The maximum Gasteiger partial charge on any atom is 0.248 e. The Morgan fingerprint density at radius 1 is 0.929 bits per heavy atom. The third kappa shape index (κ3) is 2.26. The quantitative estimate of drug-likeness (QED) is 0.813. The van der Waals surface area contributed by atoms with Crippen LogP contribution in [-0.2, 0) is 0 Å². The van der Waals surface area contributed by atoms with Gasteiger partial charge in [0.15, 0.2) is 0 Å². The first-order valence-electron chi connectivity index (χ1n) is 4.27. The molecule has 0 saturated heterocycles. The molecule has 0 aliphatic carbocycles. The molecule has 0 fully saturated rings. The molecule has 0 unspecified atom stereocenters. The van der Waals surface area contributed by atoms with Gasteiger partial charge in [0.1, 0.15) is 0 Å². The Balaban J connectivity index is 2.24. The topological polar surface area (TPSA) is 32.9 Å². The smallest absolute Gasteiger partial charge is 0.248 e. The molecule has 1 aromatic heterocycles. The van der Waals surface area contributed by atoms with Crippen LogP contribution >= 0.6 is 11.8 Å². The zero-order valence-electron chi connectivity index (χ0n) is 7.44. The number of H-pyrrole nitrogens is 1. The van der Waals surface area contributed by atoms with Crippen molar-refractivity contribution in [1.29, 1.82) is 0 Å². The van der Waals surface area contributed by atoms with Crippen molar-refractivity contribution in [3.63, 3.8) is 0 Å². The number of aromatic nitrogens is 1. The lowest BCUT2D eigenvalue weighted by atomic mass is 10.4. The Labute approximate surface area is 86.0 Å². The summed E-state index contributed by atoms with van der Waals surface area (Å²) < 4.78 is 0. The van der Waals surface area contributed by atoms with Gasteiger partial charge in [-0.15, -0.1) is 0 Å². The number of hydrogen-bond acceptors (Lipinski definition) is 2. The number of hydrogen-bond donors (Lipinski definition) is 1. The van der Waals surface area contributed by atoms with Crippen molar-refractivity contribution >= 4 is 11.8 Å². The van der Waals surface area contributed by atoms with Gasteiger partial charge in [-0.05, 0) is 18.2 Å². The predicted octanol–water partition coefficient (Wildman–Crippen LogP) is 2.53. The molecule has 1 aromatic carbocycles. The van der Waals surface area contributed by atoms with E-state index in [1.54, 1.807) is 17.8 Å². The summed E-state index contributed by atoms with van der Waals surface area (Å²) in [5.41, 5.74) is -0.0640. The van der Waals surface area contributed by atoms with Crippen molar-refractivity contribution in [3.8, 4) is 0 Å². The summed E-state index contributed by atoms with van der Waals surface area (Å²) in [7, 11) is 0. The van der Waals surface area contributed by atoms with Crippen molar-refractivity contribution in [2.24, 2.45) is 0 Å². The van der Waals surface area contributed by atoms with E-state index in [0.717, 1.165) is 9.92 Å². The molecule has 3 heteroatoms. The van der Waals surface area contributed by atoms with Crippen LogP contribution in [0.3, 0.4) is 0 Å². The third-order valence-corrected chi connectivity index (χ3v) is 2.68. The second-order valence-corrected chi connectivity index (χ2v) is 3.91. The molecule has 2 aromatic rings. The molecular formula is C11H9NOS. The summed E-state index contributed by atoms with van der Waals surface area (Å²) in [6.07, 6.45) is 0. The fraction of sp³-hybridized carbons (Fsp3) is 0. The highest BCUT2D eigenvalue weighted by Crippen LogP contribution is 2.23. The van der Waals surface area contributed by atoms with Crippen LogP contribution in [0.15, 0.2) is 63.2 Å². The van der Waals surface area contributed by atoms with E-state index < -0.39 is 0 Å². The molecule has 0 atom stereocenters. The number of benzene rings is 1. The molecule has 0 saturated carbocycles. The predicted molar refractivity (Wildman–Crippen MR) is 57.6 cm³/mol. The van der Waals surface area contributed by atoms with E-state index in [-0.39, 0.29) is 5.56 Å². The zero-order valence-corrected chi connectivity index (χ0v) is 8.25. The molecule has 0 amide bonds. The lowest BCUT2D eigenvalue weighted by molar-refractivity contribution is 1.08. The Hall–Kier alpha value is -1.48. The van der Waals surface area contributed by atoms with Crippen molar-refractivity contribution in [1.82, 2.24) is 4.98 Å². The second-order valence-electron chi connectivity index (χ2n) is 2.79. The molecule has 2 nitrogen and oxygen atoms in total. The zero-order chi connectivity index (χ0) is 9.80. The Morgan fingerprint density at radius 3 is 2.43 bits per heavy atom. The summed E-state index contributed by atoms with van der Waals surface area (Å²) in [6, 6.07) is 15.1. The minimum Gasteiger partial charge on any atom is -0.317 e. The van der Waals surface area contributed by atoms with Crippen LogP contribution in [0, 0.1) is 0 Å². The first-order valence-corrected chi connectivity index (χ1v) is 5.08. The molecule has 0 aliphatic rings. The monoisotopic (exact) mass is 203 g/mol. The van der Waals surface area contributed by atoms with Crippen LogP contribution in [0.4, 0.5) is 0 Å². The summed E-state index contributed by atoms with van der Waals surface area (Å²) in [6.45, 7) is 0. The normalized spacial score (nSPS) is 10.0. The standard InChI is InChI=1S/C11H9NOS/c13-10-7-4-8-11(12-10)14-9-5-2-1-3-6-9/h1-8H,(H,12,13). The highest BCUT2D eigenvalue weighted by molar-refractivity contribution is 7.99. The van der Waals surface area contributed by atoms with E-state index >= 15 is 0 Å². The fourth-order valence-electron chi connectivity index (χ4n) is 1.10. The van der Waals surface area contributed by atoms with Gasteiger partial charge in [0.2, 0.25) is 5.56 Å². The van der Waals surface area contributed by atoms with Crippen LogP contribution in [0.5, 0.6) is 0 Å². The molecule has 2 rings (SSSR count). The van der Waals surface area contributed by atoms with Gasteiger partial charge in [-0.1, -0.05) is 36.0 Å². The van der Waals surface area contributed by atoms with Crippen LogP contribution in [0.2, 0.25) is 0 Å². The largest absolute Gasteiger partial charge is 0.317 e. The van der Waals surface area contributed by atoms with Crippen LogP contribution < -0.4 is 5.56 Å². The van der Waals surface area contributed by atoms with Gasteiger partial charge in [-0.25, -0.2) is 0 Å². The minimum atomic E-state index is -0.0640. The SMILES string of the molecule is O=c1cccc(Sc2ccccc2)[nH]1. The van der Waals surface area contributed by atoms with Gasteiger partial charge < -0.3 is 4.98 Å². The van der Waals surface area contributed by atoms with Crippen molar-refractivity contribution in [2.75, 3.05) is 0 Å². The molecule has 0 spiro atoms. The molecule has 14 heavy (non-hydrogen) atoms.